The van der Waals surface area contributed by atoms with Crippen LogP contribution in [0, 0.1) is 0 Å². The lowest BCUT2D eigenvalue weighted by Gasteiger charge is -2.14. The van der Waals surface area contributed by atoms with Crippen LogP contribution in [0.1, 0.15) is 0 Å². The van der Waals surface area contributed by atoms with Gasteiger partial charge in [-0.1, -0.05) is 0 Å². The van der Waals surface area contributed by atoms with Gasteiger partial charge in [-0.2, -0.15) is 0 Å². The van der Waals surface area contributed by atoms with E-state index in [0.717, 1.165) is 6.85 Å². The van der Waals surface area contributed by atoms with Gasteiger partial charge in [-0.25, -0.2) is 0 Å². The first-order valence-corrected chi connectivity index (χ1v) is 3.55. The molecule has 1 heterocycles. The van der Waals surface area contributed by atoms with E-state index in [4.69, 9.17) is 0 Å². The molecule has 0 saturated carbocycles. The molecule has 0 aromatic rings. The first kappa shape index (κ1) is 7.10. The van der Waals surface area contributed by atoms with Crippen molar-refractivity contribution >= 4 is 6.85 Å². The van der Waals surface area contributed by atoms with Crippen LogP contribution in [-0.4, -0.2) is 50.7 Å². The van der Waals surface area contributed by atoms with Crippen molar-refractivity contribution in [3.05, 3.63) is 0 Å². The molecule has 0 aromatic heterocycles. The Morgan fingerprint density at radius 1 is 1.44 bits per heavy atom. The van der Waals surface area contributed by atoms with Gasteiger partial charge in [0, 0.05) is 0 Å². The third kappa shape index (κ3) is 1.70. The molecular weight excluding hydrogens is 111 g/mol. The topological polar surface area (TPSA) is 6.48 Å². The molecule has 0 radical (unpaired) electrons. The van der Waals surface area contributed by atoms with Gasteiger partial charge in [0.1, 0.15) is 0 Å². The predicted octanol–water partition coefficient (Wildman–Crippen LogP) is 0.0241. The summed E-state index contributed by atoms with van der Waals surface area (Å²) in [6, 6.07) is 0. The fourth-order valence-corrected chi connectivity index (χ4v) is 1.33. The van der Waals surface area contributed by atoms with Crippen molar-refractivity contribution in [3.63, 3.8) is 0 Å². The molecule has 0 unspecified atom stereocenters. The third-order valence-electron chi connectivity index (χ3n) is 2.10. The van der Waals surface area contributed by atoms with Gasteiger partial charge < -0.3 is 9.71 Å². The quantitative estimate of drug-likeness (QED) is 0.457. The number of nitrogens with zero attached hydrogens (tertiary/aromatic N) is 2. The van der Waals surface area contributed by atoms with Crippen molar-refractivity contribution in [2.24, 2.45) is 0 Å². The van der Waals surface area contributed by atoms with Crippen molar-refractivity contribution < 1.29 is 0 Å². The van der Waals surface area contributed by atoms with Crippen LogP contribution in [0.3, 0.4) is 0 Å². The molecule has 0 aliphatic carbocycles. The second kappa shape index (κ2) is 2.71. The minimum Gasteiger partial charge on any atom is -0.346 e. The third-order valence-corrected chi connectivity index (χ3v) is 2.10. The van der Waals surface area contributed by atoms with Gasteiger partial charge in [0.2, 0.25) is 6.85 Å². The van der Waals surface area contributed by atoms with Gasteiger partial charge in [-0.05, 0) is 40.5 Å². The first-order chi connectivity index (χ1) is 4.20. The Bertz CT molecular complexity index is 95.1. The van der Waals surface area contributed by atoms with E-state index in [1.165, 1.54) is 19.3 Å². The standard InChI is InChI=1S/C6H15BN2/c1-8(2)7-4-5-9(3)6-7/h4-6H2,1-3H3. The zero-order valence-electron chi connectivity index (χ0n) is 6.59. The second-order valence-electron chi connectivity index (χ2n) is 3.17. The molecule has 0 aromatic carbocycles. The van der Waals surface area contributed by atoms with Crippen LogP contribution in [0.4, 0.5) is 0 Å². The molecule has 2 nitrogen and oxygen atoms in total. The zero-order chi connectivity index (χ0) is 6.85. The number of hydrogen-bond donors (Lipinski definition) is 0. The molecule has 0 bridgehead atoms. The highest BCUT2D eigenvalue weighted by molar-refractivity contribution is 6.56. The van der Waals surface area contributed by atoms with E-state index >= 15 is 0 Å². The minimum absolute atomic E-state index is 0.801. The summed E-state index contributed by atoms with van der Waals surface area (Å²) in [5, 5.41) is 0. The molecule has 0 spiro atoms. The van der Waals surface area contributed by atoms with E-state index in [9.17, 15) is 0 Å². The van der Waals surface area contributed by atoms with Gasteiger partial charge in [-0.3, -0.25) is 0 Å². The SMILES string of the molecule is CN1CCB(N(C)C)C1. The molecule has 0 amide bonds. The summed E-state index contributed by atoms with van der Waals surface area (Å²) in [6.45, 7) is 2.07. The summed E-state index contributed by atoms with van der Waals surface area (Å²) >= 11 is 0. The highest BCUT2D eigenvalue weighted by Gasteiger charge is 2.24. The minimum atomic E-state index is 0.801. The summed E-state index contributed by atoms with van der Waals surface area (Å²) in [7, 11) is 6.50. The summed E-state index contributed by atoms with van der Waals surface area (Å²) < 4.78 is 0. The normalized spacial score (nSPS) is 22.0. The maximum absolute atomic E-state index is 2.38. The van der Waals surface area contributed by atoms with Crippen LogP contribution >= 0.6 is 0 Å². The van der Waals surface area contributed by atoms with Crippen LogP contribution in [0.5, 0.6) is 0 Å². The lowest BCUT2D eigenvalue weighted by atomic mass is 9.60. The molecule has 1 aliphatic heterocycles. The van der Waals surface area contributed by atoms with Gasteiger partial charge in [0.05, 0.1) is 0 Å². The van der Waals surface area contributed by atoms with Crippen molar-refractivity contribution in [2.45, 2.75) is 6.32 Å². The molecule has 9 heavy (non-hydrogen) atoms. The van der Waals surface area contributed by atoms with Gasteiger partial charge >= 0.3 is 0 Å². The van der Waals surface area contributed by atoms with Crippen LogP contribution in [0.15, 0.2) is 0 Å². The summed E-state index contributed by atoms with van der Waals surface area (Å²) in [5.74, 6) is 0. The molecule has 3 heteroatoms. The number of hydrogen-bond acceptors (Lipinski definition) is 2. The molecular formula is C6H15BN2. The van der Waals surface area contributed by atoms with Crippen LogP contribution in [-0.2, 0) is 0 Å². The van der Waals surface area contributed by atoms with Crippen LogP contribution < -0.4 is 0 Å². The maximum Gasteiger partial charge on any atom is 0.238 e. The van der Waals surface area contributed by atoms with Gasteiger partial charge in [0.15, 0.2) is 0 Å². The molecule has 1 aliphatic rings. The Kier molecular flexibility index (Phi) is 2.14. The fourth-order valence-electron chi connectivity index (χ4n) is 1.33. The lowest BCUT2D eigenvalue weighted by Crippen LogP contribution is -2.35. The van der Waals surface area contributed by atoms with Crippen molar-refractivity contribution in [1.29, 1.82) is 0 Å². The highest BCUT2D eigenvalue weighted by Crippen LogP contribution is 2.07. The molecule has 1 saturated heterocycles. The number of rotatable bonds is 1. The Morgan fingerprint density at radius 2 is 2.11 bits per heavy atom. The summed E-state index contributed by atoms with van der Waals surface area (Å²) in [4.78, 5) is 4.69. The fraction of sp³-hybridized carbons (Fsp3) is 1.00. The average molecular weight is 126 g/mol. The zero-order valence-corrected chi connectivity index (χ0v) is 6.59. The largest absolute Gasteiger partial charge is 0.346 e. The van der Waals surface area contributed by atoms with E-state index in [1.54, 1.807) is 0 Å². The summed E-state index contributed by atoms with van der Waals surface area (Å²) in [5.41, 5.74) is 0. The van der Waals surface area contributed by atoms with Crippen molar-refractivity contribution in [2.75, 3.05) is 34.1 Å². The Morgan fingerprint density at radius 3 is 2.33 bits per heavy atom. The molecule has 0 atom stereocenters. The molecule has 52 valence electrons. The smallest absolute Gasteiger partial charge is 0.238 e. The van der Waals surface area contributed by atoms with Crippen molar-refractivity contribution in [1.82, 2.24) is 9.71 Å². The van der Waals surface area contributed by atoms with E-state index < -0.39 is 0 Å². The van der Waals surface area contributed by atoms with Crippen LogP contribution in [0.25, 0.3) is 0 Å². The molecule has 1 fully saturated rings. The first-order valence-electron chi connectivity index (χ1n) is 3.55. The van der Waals surface area contributed by atoms with Crippen LogP contribution in [0.2, 0.25) is 6.32 Å². The Balaban J connectivity index is 2.30. The van der Waals surface area contributed by atoms with E-state index in [1.807, 2.05) is 0 Å². The Hall–Kier alpha value is -0.0151. The van der Waals surface area contributed by atoms with Gasteiger partial charge in [-0.15, -0.1) is 0 Å². The second-order valence-corrected chi connectivity index (χ2v) is 3.17. The highest BCUT2D eigenvalue weighted by atomic mass is 15.1. The molecule has 0 N–H and O–H groups in total. The predicted molar refractivity (Wildman–Crippen MR) is 41.7 cm³/mol. The molecule has 1 rings (SSSR count). The van der Waals surface area contributed by atoms with E-state index in [2.05, 4.69) is 30.9 Å². The summed E-state index contributed by atoms with van der Waals surface area (Å²) in [6.07, 6.45) is 2.58. The van der Waals surface area contributed by atoms with Crippen molar-refractivity contribution in [3.8, 4) is 0 Å². The average Bonchev–Trinajstić information content (AvgIpc) is 2.14. The Labute approximate surface area is 57.9 Å². The maximum atomic E-state index is 2.38. The van der Waals surface area contributed by atoms with E-state index in [0.29, 0.717) is 0 Å². The lowest BCUT2D eigenvalue weighted by molar-refractivity contribution is 0.432. The monoisotopic (exact) mass is 126 g/mol. The van der Waals surface area contributed by atoms with E-state index in [-0.39, 0.29) is 0 Å². The van der Waals surface area contributed by atoms with Gasteiger partial charge in [0.25, 0.3) is 0 Å².